The summed E-state index contributed by atoms with van der Waals surface area (Å²) >= 11 is 2.70. The minimum Gasteiger partial charge on any atom is -0.385 e. The molecule has 1 heterocycles. The van der Waals surface area contributed by atoms with Crippen LogP contribution in [0.4, 0.5) is 46.4 Å². The van der Waals surface area contributed by atoms with Crippen LogP contribution in [0.1, 0.15) is 42.2 Å². The molecule has 0 fully saturated rings. The first-order chi connectivity index (χ1) is 23.5. The molecule has 0 bridgehead atoms. The van der Waals surface area contributed by atoms with Crippen molar-refractivity contribution in [2.24, 2.45) is 27.9 Å². The topological polar surface area (TPSA) is 211 Å². The van der Waals surface area contributed by atoms with Gasteiger partial charge in [0, 0.05) is 53.8 Å². The summed E-state index contributed by atoms with van der Waals surface area (Å²) in [6, 6.07) is 14.4. The maximum Gasteiger partial charge on any atom is 0.416 e. The first kappa shape index (κ1) is 37.5. The number of benzene rings is 3. The van der Waals surface area contributed by atoms with Gasteiger partial charge in [-0.25, -0.2) is 4.79 Å². The molecule has 264 valence electrons. The number of aliphatic imine (C=N–C) groups is 1. The molecule has 0 aliphatic carbocycles. The van der Waals surface area contributed by atoms with Crippen molar-refractivity contribution < 1.29 is 22.8 Å². The smallest absolute Gasteiger partial charge is 0.385 e. The van der Waals surface area contributed by atoms with Gasteiger partial charge in [-0.2, -0.15) is 13.2 Å². The molecule has 13 N–H and O–H groups in total. The van der Waals surface area contributed by atoms with E-state index in [-0.39, 0.29) is 40.6 Å². The molecule has 1 aliphatic rings. The van der Waals surface area contributed by atoms with Gasteiger partial charge in [0.05, 0.1) is 21.8 Å². The lowest BCUT2D eigenvalue weighted by Gasteiger charge is -2.19. The maximum absolute atomic E-state index is 14.0. The third kappa shape index (κ3) is 11.4. The highest BCUT2D eigenvalue weighted by Gasteiger charge is 2.33. The summed E-state index contributed by atoms with van der Waals surface area (Å²) in [5.41, 5.74) is 24.0. The van der Waals surface area contributed by atoms with Crippen molar-refractivity contribution >= 4 is 69.9 Å². The number of fused-ring (bicyclic) bond motifs is 1. The number of alkyl halides is 3. The Kier molecular flexibility index (Phi) is 13.7. The van der Waals surface area contributed by atoms with Gasteiger partial charge in [0.15, 0.2) is 5.96 Å². The van der Waals surface area contributed by atoms with Gasteiger partial charge < -0.3 is 49.5 Å². The molecule has 3 aromatic rings. The van der Waals surface area contributed by atoms with Crippen molar-refractivity contribution in [3.63, 3.8) is 0 Å². The monoisotopic (exact) mass is 718 g/mol. The summed E-state index contributed by atoms with van der Waals surface area (Å²) in [5, 5.41) is 14.6. The summed E-state index contributed by atoms with van der Waals surface area (Å²) in [6.45, 7) is 1.95. The molecule has 3 aromatic carbocycles. The van der Waals surface area contributed by atoms with E-state index in [1.807, 2.05) is 30.3 Å². The van der Waals surface area contributed by atoms with Crippen molar-refractivity contribution in [1.82, 2.24) is 0 Å². The van der Waals surface area contributed by atoms with E-state index >= 15 is 0 Å². The zero-order valence-corrected chi connectivity index (χ0v) is 28.3. The summed E-state index contributed by atoms with van der Waals surface area (Å²) < 4.78 is 41.9. The van der Waals surface area contributed by atoms with Gasteiger partial charge in [0.1, 0.15) is 5.37 Å². The minimum absolute atomic E-state index is 0.0320. The molecule has 3 amide bonds. The van der Waals surface area contributed by atoms with E-state index < -0.39 is 23.7 Å². The lowest BCUT2D eigenvalue weighted by molar-refractivity contribution is -0.137. The number of thioether (sulfide) groups is 2. The second-order valence-corrected chi connectivity index (χ2v) is 13.2. The predicted molar refractivity (Wildman–Crippen MR) is 194 cm³/mol. The quantitative estimate of drug-likeness (QED) is 0.0378. The normalized spacial score (nSPS) is 13.6. The second kappa shape index (κ2) is 17.9. The van der Waals surface area contributed by atoms with Crippen LogP contribution in [0, 0.1) is 0 Å². The number of rotatable bonds is 16. The number of hydrogen-bond donors (Lipinski definition) is 9. The summed E-state index contributed by atoms with van der Waals surface area (Å²) in [5.74, 6) is -0.233. The molecule has 0 radical (unpaired) electrons. The Hall–Kier alpha value is -4.32. The van der Waals surface area contributed by atoms with Crippen LogP contribution in [0.2, 0.25) is 0 Å². The number of carbonyl (C=O) groups excluding carboxylic acids is 2. The molecule has 0 saturated carbocycles. The van der Waals surface area contributed by atoms with Crippen LogP contribution in [0.5, 0.6) is 0 Å². The first-order valence-corrected chi connectivity index (χ1v) is 17.5. The van der Waals surface area contributed by atoms with Crippen molar-refractivity contribution in [1.29, 1.82) is 0 Å². The van der Waals surface area contributed by atoms with Gasteiger partial charge in [0.2, 0.25) is 5.91 Å². The summed E-state index contributed by atoms with van der Waals surface area (Å²) in [6.07, 6.45) is -2.91. The van der Waals surface area contributed by atoms with Crippen molar-refractivity contribution in [3.05, 3.63) is 65.7 Å². The van der Waals surface area contributed by atoms with E-state index in [2.05, 4.69) is 31.6 Å². The van der Waals surface area contributed by atoms with Crippen molar-refractivity contribution in [3.8, 4) is 0 Å². The highest BCUT2D eigenvalue weighted by atomic mass is 32.2. The fourth-order valence-electron chi connectivity index (χ4n) is 4.77. The molecule has 0 saturated heterocycles. The number of halogens is 3. The largest absolute Gasteiger partial charge is 0.416 e. The Bertz CT molecular complexity index is 1620. The molecule has 1 atom stereocenters. The van der Waals surface area contributed by atoms with Crippen LogP contribution in [-0.4, -0.2) is 49.8 Å². The number of anilines is 5. The highest BCUT2D eigenvalue weighted by Crippen LogP contribution is 2.47. The molecular weight excluding hydrogens is 678 g/mol. The lowest BCUT2D eigenvalue weighted by atomic mass is 10.1. The number of carbonyl (C=O) groups is 2. The lowest BCUT2D eigenvalue weighted by Crippen LogP contribution is -2.23. The van der Waals surface area contributed by atoms with Gasteiger partial charge in [-0.15, -0.1) is 11.8 Å². The molecule has 49 heavy (non-hydrogen) atoms. The molecule has 1 unspecified atom stereocenters. The van der Waals surface area contributed by atoms with Gasteiger partial charge in [-0.1, -0.05) is 23.9 Å². The molecule has 17 heteroatoms. The third-order valence-electron chi connectivity index (χ3n) is 7.10. The predicted octanol–water partition coefficient (Wildman–Crippen LogP) is 5.76. The zero-order valence-electron chi connectivity index (χ0n) is 26.7. The fraction of sp³-hybridized carbons (Fsp3) is 0.344. The maximum atomic E-state index is 14.0. The van der Waals surface area contributed by atoms with Crippen LogP contribution < -0.4 is 49.5 Å². The van der Waals surface area contributed by atoms with Gasteiger partial charge in [-0.3, -0.25) is 9.79 Å². The van der Waals surface area contributed by atoms with E-state index in [4.69, 9.17) is 22.9 Å². The summed E-state index contributed by atoms with van der Waals surface area (Å²) in [4.78, 5) is 30.9. The molecule has 0 aromatic heterocycles. The van der Waals surface area contributed by atoms with Crippen molar-refractivity contribution in [2.45, 2.75) is 47.0 Å². The Morgan fingerprint density at radius 3 is 2.29 bits per heavy atom. The Morgan fingerprint density at radius 1 is 0.898 bits per heavy atom. The molecule has 1 aliphatic heterocycles. The average molecular weight is 719 g/mol. The number of urea groups is 1. The minimum atomic E-state index is -4.74. The number of nitrogens with one attached hydrogen (secondary N) is 5. The number of nitrogens with zero attached hydrogens (tertiary/aromatic N) is 1. The molecule has 12 nitrogen and oxygen atoms in total. The van der Waals surface area contributed by atoms with Crippen LogP contribution in [-0.2, 0) is 11.0 Å². The van der Waals surface area contributed by atoms with Crippen LogP contribution in [0.15, 0.2) is 69.4 Å². The van der Waals surface area contributed by atoms with E-state index in [0.717, 1.165) is 58.7 Å². The van der Waals surface area contributed by atoms with E-state index in [0.29, 0.717) is 37.4 Å². The SMILES string of the molecule is NCCCNc1ccc(C2Nc3ccc(NC(=O)Nc4cc(C(F)(F)F)cc(NC(=O)CCCCN=C(N)N)c4SCCN)cc3S2)cc1. The average Bonchev–Trinajstić information content (AvgIpc) is 3.47. The van der Waals surface area contributed by atoms with Crippen LogP contribution in [0.25, 0.3) is 0 Å². The van der Waals surface area contributed by atoms with Gasteiger partial charge in [-0.05, 0) is 73.8 Å². The number of hydrogen-bond acceptors (Lipinski definition) is 9. The Labute approximate surface area is 291 Å². The van der Waals surface area contributed by atoms with Crippen LogP contribution >= 0.6 is 23.5 Å². The number of amides is 3. The third-order valence-corrected chi connectivity index (χ3v) is 9.49. The van der Waals surface area contributed by atoms with E-state index in [9.17, 15) is 22.8 Å². The van der Waals surface area contributed by atoms with Gasteiger partial charge >= 0.3 is 12.2 Å². The van der Waals surface area contributed by atoms with E-state index in [1.54, 1.807) is 23.9 Å². The Morgan fingerprint density at radius 2 is 1.61 bits per heavy atom. The van der Waals surface area contributed by atoms with Crippen LogP contribution in [0.3, 0.4) is 0 Å². The fourth-order valence-corrected chi connectivity index (χ4v) is 6.81. The highest BCUT2D eigenvalue weighted by molar-refractivity contribution is 8.00. The number of nitrogens with two attached hydrogens (primary N) is 4. The number of guanidine groups is 1. The number of unbranched alkanes of at least 4 members (excludes halogenated alkanes) is 1. The molecule has 4 rings (SSSR count). The summed E-state index contributed by atoms with van der Waals surface area (Å²) in [7, 11) is 0. The van der Waals surface area contributed by atoms with Crippen molar-refractivity contribution in [2.75, 3.05) is 58.5 Å². The van der Waals surface area contributed by atoms with Gasteiger partial charge in [0.25, 0.3) is 0 Å². The second-order valence-electron chi connectivity index (χ2n) is 11.0. The zero-order chi connectivity index (χ0) is 35.4. The standard InChI is InChI=1S/C32H41F3N10O2S2/c33-32(34,35)20-16-24(43-27(46)4-1-2-13-41-30(38)39)28(48-15-12-37)25(17-20)45-31(47)42-22-9-10-23-26(18-22)49-29(44-23)19-5-7-21(8-6-19)40-14-3-11-36/h5-10,16-18,29,40,44H,1-4,11-15,36-37H2,(H,43,46)(H4,38,39,41)(H2,42,45,47). The first-order valence-electron chi connectivity index (χ1n) is 15.6. The van der Waals surface area contributed by atoms with E-state index in [1.165, 1.54) is 0 Å². The Balaban J connectivity index is 1.46. The molecule has 0 spiro atoms. The molecular formula is C32H41F3N10O2S2.